The number of carbonyl (C=O) groups is 1. The van der Waals surface area contributed by atoms with Gasteiger partial charge in [-0.3, -0.25) is 0 Å². The van der Waals surface area contributed by atoms with Gasteiger partial charge in [-0.25, -0.2) is 4.79 Å². The van der Waals surface area contributed by atoms with Crippen LogP contribution in [0.1, 0.15) is 32.7 Å². The molecule has 0 saturated heterocycles. The molecule has 0 aliphatic rings. The Morgan fingerprint density at radius 2 is 1.72 bits per heavy atom. The molecule has 18 heavy (non-hydrogen) atoms. The quantitative estimate of drug-likeness (QED) is 0.881. The molecule has 0 spiro atoms. The average molecular weight is 245 g/mol. The van der Waals surface area contributed by atoms with Gasteiger partial charge >= 0.3 is 5.97 Å². The number of hydrogen-bond donors (Lipinski definition) is 1. The van der Waals surface area contributed by atoms with E-state index >= 15 is 0 Å². The molecule has 2 aromatic rings. The van der Waals surface area contributed by atoms with E-state index in [4.69, 9.17) is 4.52 Å². The van der Waals surface area contributed by atoms with Crippen molar-refractivity contribution >= 4 is 5.97 Å². The molecule has 4 heteroatoms. The molecule has 0 saturated carbocycles. The summed E-state index contributed by atoms with van der Waals surface area (Å²) >= 11 is 0. The van der Waals surface area contributed by atoms with Gasteiger partial charge in [-0.1, -0.05) is 22.9 Å². The van der Waals surface area contributed by atoms with Crippen LogP contribution >= 0.6 is 0 Å². The van der Waals surface area contributed by atoms with E-state index in [0.29, 0.717) is 11.5 Å². The average Bonchev–Trinajstić information content (AvgIpc) is 2.58. The van der Waals surface area contributed by atoms with Crippen molar-refractivity contribution < 1.29 is 14.4 Å². The zero-order valence-corrected chi connectivity index (χ0v) is 10.9. The Labute approximate surface area is 105 Å². The molecule has 0 atom stereocenters. The Hall–Kier alpha value is -2.10. The monoisotopic (exact) mass is 245 g/mol. The highest BCUT2D eigenvalue weighted by atomic mass is 16.5. The third kappa shape index (κ3) is 1.90. The van der Waals surface area contributed by atoms with Crippen molar-refractivity contribution in [2.75, 3.05) is 0 Å². The van der Waals surface area contributed by atoms with Crippen molar-refractivity contribution in [3.05, 3.63) is 40.1 Å². The topological polar surface area (TPSA) is 63.3 Å². The molecular weight excluding hydrogens is 230 g/mol. The molecule has 1 heterocycles. The molecule has 0 fully saturated rings. The zero-order valence-electron chi connectivity index (χ0n) is 10.9. The Balaban J connectivity index is 2.74. The lowest BCUT2D eigenvalue weighted by Crippen LogP contribution is -2.00. The van der Waals surface area contributed by atoms with Gasteiger partial charge in [0.15, 0.2) is 5.76 Å². The van der Waals surface area contributed by atoms with Crippen molar-refractivity contribution in [3.8, 4) is 11.3 Å². The number of carboxylic acids is 1. The van der Waals surface area contributed by atoms with E-state index in [-0.39, 0.29) is 5.56 Å². The van der Waals surface area contributed by atoms with Crippen LogP contribution < -0.4 is 0 Å². The van der Waals surface area contributed by atoms with Gasteiger partial charge in [0.2, 0.25) is 0 Å². The number of carboxylic acid groups (broad SMARTS) is 1. The summed E-state index contributed by atoms with van der Waals surface area (Å²) in [5.41, 5.74) is 4.49. The van der Waals surface area contributed by atoms with Crippen LogP contribution in [0.25, 0.3) is 11.3 Å². The number of aromatic carboxylic acids is 1. The Kier molecular flexibility index (Phi) is 2.95. The minimum absolute atomic E-state index is 0.144. The van der Waals surface area contributed by atoms with Crippen molar-refractivity contribution in [2.45, 2.75) is 27.7 Å². The van der Waals surface area contributed by atoms with Crippen molar-refractivity contribution in [2.24, 2.45) is 0 Å². The Bertz CT molecular complexity index is 603. The molecule has 0 aliphatic carbocycles. The predicted molar refractivity (Wildman–Crippen MR) is 67.8 cm³/mol. The summed E-state index contributed by atoms with van der Waals surface area (Å²) in [7, 11) is 0. The van der Waals surface area contributed by atoms with Crippen LogP contribution in [0.3, 0.4) is 0 Å². The van der Waals surface area contributed by atoms with E-state index in [2.05, 4.69) is 5.16 Å². The summed E-state index contributed by atoms with van der Waals surface area (Å²) in [6.45, 7) is 7.53. The first kappa shape index (κ1) is 12.4. The molecule has 4 nitrogen and oxygen atoms in total. The second-order valence-corrected chi connectivity index (χ2v) is 4.55. The normalized spacial score (nSPS) is 10.7. The minimum atomic E-state index is -1.01. The molecule has 1 aromatic heterocycles. The van der Waals surface area contributed by atoms with Gasteiger partial charge in [0.25, 0.3) is 0 Å². The molecule has 2 rings (SSSR count). The van der Waals surface area contributed by atoms with Crippen molar-refractivity contribution in [1.82, 2.24) is 5.16 Å². The smallest absolute Gasteiger partial charge is 0.341 e. The molecule has 94 valence electrons. The van der Waals surface area contributed by atoms with Crippen LogP contribution in [0.2, 0.25) is 0 Å². The number of rotatable bonds is 2. The van der Waals surface area contributed by atoms with E-state index in [1.165, 1.54) is 0 Å². The highest BCUT2D eigenvalue weighted by Gasteiger charge is 2.23. The lowest BCUT2D eigenvalue weighted by Gasteiger charge is -2.09. The third-order valence-electron chi connectivity index (χ3n) is 2.98. The van der Waals surface area contributed by atoms with Gasteiger partial charge in [-0.15, -0.1) is 0 Å². The molecule has 0 amide bonds. The number of nitrogens with zero attached hydrogens (tertiary/aromatic N) is 1. The molecule has 0 radical (unpaired) electrons. The number of aromatic nitrogens is 1. The molecule has 0 unspecified atom stereocenters. The summed E-state index contributed by atoms with van der Waals surface area (Å²) in [6, 6.07) is 4.01. The molecule has 1 aromatic carbocycles. The summed E-state index contributed by atoms with van der Waals surface area (Å²) in [5, 5.41) is 13.0. The van der Waals surface area contributed by atoms with Crippen LogP contribution in [0, 0.1) is 27.7 Å². The maximum atomic E-state index is 11.3. The lowest BCUT2D eigenvalue weighted by atomic mass is 9.95. The largest absolute Gasteiger partial charge is 0.477 e. The molecule has 1 N–H and O–H groups in total. The summed E-state index contributed by atoms with van der Waals surface area (Å²) in [4.78, 5) is 11.3. The van der Waals surface area contributed by atoms with E-state index in [1.54, 1.807) is 6.92 Å². The fourth-order valence-electron chi connectivity index (χ4n) is 2.33. The van der Waals surface area contributed by atoms with Crippen LogP contribution in [0.4, 0.5) is 0 Å². The van der Waals surface area contributed by atoms with Crippen LogP contribution in [-0.2, 0) is 0 Å². The maximum Gasteiger partial charge on any atom is 0.341 e. The van der Waals surface area contributed by atoms with Gasteiger partial charge in [0, 0.05) is 5.56 Å². The highest BCUT2D eigenvalue weighted by Crippen LogP contribution is 2.32. The zero-order chi connectivity index (χ0) is 13.4. The number of hydrogen-bond acceptors (Lipinski definition) is 3. The first-order valence-electron chi connectivity index (χ1n) is 5.69. The molecule has 0 bridgehead atoms. The Morgan fingerprint density at radius 1 is 1.17 bits per heavy atom. The van der Waals surface area contributed by atoms with Gasteiger partial charge < -0.3 is 9.63 Å². The summed E-state index contributed by atoms with van der Waals surface area (Å²) < 4.78 is 5.21. The summed E-state index contributed by atoms with van der Waals surface area (Å²) in [5.74, 6) is -0.668. The van der Waals surface area contributed by atoms with E-state index in [0.717, 1.165) is 22.3 Å². The first-order valence-corrected chi connectivity index (χ1v) is 5.69. The van der Waals surface area contributed by atoms with Gasteiger partial charge in [0.05, 0.1) is 5.69 Å². The minimum Gasteiger partial charge on any atom is -0.477 e. The van der Waals surface area contributed by atoms with Crippen molar-refractivity contribution in [1.29, 1.82) is 0 Å². The highest BCUT2D eigenvalue weighted by molar-refractivity contribution is 5.96. The Morgan fingerprint density at radius 3 is 2.22 bits per heavy atom. The van der Waals surface area contributed by atoms with Crippen LogP contribution in [0.15, 0.2) is 16.7 Å². The van der Waals surface area contributed by atoms with Crippen molar-refractivity contribution in [3.63, 3.8) is 0 Å². The van der Waals surface area contributed by atoms with E-state index in [9.17, 15) is 9.90 Å². The molecular formula is C14H15NO3. The maximum absolute atomic E-state index is 11.3. The van der Waals surface area contributed by atoms with Gasteiger partial charge in [0.1, 0.15) is 5.56 Å². The van der Waals surface area contributed by atoms with Crippen LogP contribution in [0.5, 0.6) is 0 Å². The third-order valence-corrected chi connectivity index (χ3v) is 2.98. The fraction of sp³-hybridized carbons (Fsp3) is 0.286. The standard InChI is InChI=1S/C14H15NO3/c1-7-5-8(2)11(9(3)6-7)13-12(14(16)17)10(4)15-18-13/h5-6H,1-4H3,(H,16,17). The lowest BCUT2D eigenvalue weighted by molar-refractivity contribution is 0.0696. The van der Waals surface area contributed by atoms with E-state index < -0.39 is 5.97 Å². The second-order valence-electron chi connectivity index (χ2n) is 4.55. The second kappa shape index (κ2) is 4.29. The van der Waals surface area contributed by atoms with E-state index in [1.807, 2.05) is 32.9 Å². The molecule has 0 aliphatic heterocycles. The number of benzene rings is 1. The number of aryl methyl sites for hydroxylation is 4. The summed E-state index contributed by atoms with van der Waals surface area (Å²) in [6.07, 6.45) is 0. The van der Waals surface area contributed by atoms with Gasteiger partial charge in [-0.05, 0) is 38.8 Å². The SMILES string of the molecule is Cc1cc(C)c(-c2onc(C)c2C(=O)O)c(C)c1. The first-order chi connectivity index (χ1) is 8.41. The van der Waals surface area contributed by atoms with Crippen LogP contribution in [-0.4, -0.2) is 16.2 Å². The predicted octanol–water partition coefficient (Wildman–Crippen LogP) is 3.27. The van der Waals surface area contributed by atoms with Gasteiger partial charge in [-0.2, -0.15) is 0 Å². The fourth-order valence-corrected chi connectivity index (χ4v) is 2.33.